The van der Waals surface area contributed by atoms with Crippen LogP contribution in [-0.4, -0.2) is 37.4 Å². The number of hydrogen-bond donors (Lipinski definition) is 0. The van der Waals surface area contributed by atoms with Crippen molar-refractivity contribution in [2.24, 2.45) is 17.8 Å². The van der Waals surface area contributed by atoms with E-state index in [0.29, 0.717) is 0 Å². The van der Waals surface area contributed by atoms with Crippen LogP contribution in [0.3, 0.4) is 0 Å². The Bertz CT molecular complexity index is 339. The van der Waals surface area contributed by atoms with Crippen LogP contribution in [0, 0.1) is 17.8 Å². The van der Waals surface area contributed by atoms with Gasteiger partial charge in [-0.3, -0.25) is 9.59 Å². The lowest BCUT2D eigenvalue weighted by molar-refractivity contribution is -0.153. The first kappa shape index (κ1) is 9.15. The smallest absolute Gasteiger partial charge is 0.313 e. The number of rotatable bonds is 1. The van der Waals surface area contributed by atoms with E-state index in [9.17, 15) is 9.59 Å². The van der Waals surface area contributed by atoms with E-state index < -0.39 is 11.8 Å². The van der Waals surface area contributed by atoms with Gasteiger partial charge in [0.1, 0.15) is 18.1 Å². The van der Waals surface area contributed by atoms with Gasteiger partial charge in [0.25, 0.3) is 0 Å². The molecule has 3 saturated heterocycles. The Hall–Kier alpha value is -1.10. The molecule has 2 bridgehead atoms. The minimum Gasteiger partial charge on any atom is -0.469 e. The van der Waals surface area contributed by atoms with E-state index in [1.54, 1.807) is 0 Å². The number of hydrogen-bond acceptors (Lipinski definition) is 5. The molecule has 3 rings (SSSR count). The van der Waals surface area contributed by atoms with Crippen molar-refractivity contribution >= 4 is 11.9 Å². The molecule has 3 aliphatic heterocycles. The molecule has 0 radical (unpaired) electrons. The van der Waals surface area contributed by atoms with Crippen molar-refractivity contribution in [3.63, 3.8) is 0 Å². The average molecular weight is 212 g/mol. The summed E-state index contributed by atoms with van der Waals surface area (Å²) in [6.07, 6.45) is -0.612. The van der Waals surface area contributed by atoms with E-state index in [0.717, 1.165) is 0 Å². The Kier molecular flexibility index (Phi) is 1.66. The third-order valence-corrected chi connectivity index (χ3v) is 3.77. The van der Waals surface area contributed by atoms with E-state index in [2.05, 4.69) is 0 Å². The first-order valence-corrected chi connectivity index (χ1v) is 5.09. The summed E-state index contributed by atoms with van der Waals surface area (Å²) in [5.74, 6) is -1.50. The normalized spacial score (nSPS) is 50.7. The van der Waals surface area contributed by atoms with E-state index >= 15 is 0 Å². The van der Waals surface area contributed by atoms with Crippen LogP contribution in [-0.2, 0) is 23.8 Å². The number of fused-ring (bicyclic) bond motifs is 1. The number of methoxy groups -OCH3 is 1. The summed E-state index contributed by atoms with van der Waals surface area (Å²) in [6.45, 7) is 1.94. The van der Waals surface area contributed by atoms with Gasteiger partial charge in [0.05, 0.1) is 19.1 Å². The second-order valence-electron chi connectivity index (χ2n) is 4.40. The van der Waals surface area contributed by atoms with Crippen LogP contribution in [0.15, 0.2) is 0 Å². The molecule has 3 fully saturated rings. The van der Waals surface area contributed by atoms with Crippen LogP contribution in [0.1, 0.15) is 6.92 Å². The largest absolute Gasteiger partial charge is 0.469 e. The average Bonchev–Trinajstić information content (AvgIpc) is 2.80. The maximum atomic E-state index is 11.6. The molecule has 5 unspecified atom stereocenters. The molecule has 82 valence electrons. The van der Waals surface area contributed by atoms with Crippen LogP contribution in [0.4, 0.5) is 0 Å². The van der Waals surface area contributed by atoms with Crippen LogP contribution in [0.2, 0.25) is 0 Å². The van der Waals surface area contributed by atoms with Crippen molar-refractivity contribution in [1.82, 2.24) is 0 Å². The Morgan fingerprint density at radius 3 is 2.73 bits per heavy atom. The van der Waals surface area contributed by atoms with Crippen molar-refractivity contribution in [2.75, 3.05) is 7.11 Å². The molecule has 0 N–H and O–H groups in total. The number of esters is 2. The molecule has 0 aromatic rings. The second kappa shape index (κ2) is 2.72. The van der Waals surface area contributed by atoms with Crippen LogP contribution in [0.25, 0.3) is 0 Å². The molecular weight excluding hydrogens is 200 g/mol. The van der Waals surface area contributed by atoms with Crippen LogP contribution >= 0.6 is 0 Å². The third-order valence-electron chi connectivity index (χ3n) is 3.77. The molecule has 0 saturated carbocycles. The quantitative estimate of drug-likeness (QED) is 0.560. The molecule has 0 aliphatic carbocycles. The molecule has 0 amide bonds. The Balaban J connectivity index is 1.98. The fourth-order valence-electron chi connectivity index (χ4n) is 3.06. The van der Waals surface area contributed by atoms with Gasteiger partial charge < -0.3 is 14.2 Å². The molecule has 3 aliphatic rings. The Morgan fingerprint density at radius 2 is 2.07 bits per heavy atom. The van der Waals surface area contributed by atoms with E-state index in [1.807, 2.05) is 6.92 Å². The first-order chi connectivity index (χ1) is 7.15. The number of carbonyl (C=O) groups is 2. The minimum atomic E-state index is -0.471. The zero-order chi connectivity index (χ0) is 10.7. The Labute approximate surface area is 86.7 Å². The van der Waals surface area contributed by atoms with Gasteiger partial charge in [-0.05, 0) is 0 Å². The summed E-state index contributed by atoms with van der Waals surface area (Å²) in [4.78, 5) is 23.1. The lowest BCUT2D eigenvalue weighted by Crippen LogP contribution is -2.41. The van der Waals surface area contributed by atoms with Crippen LogP contribution < -0.4 is 0 Å². The van der Waals surface area contributed by atoms with Gasteiger partial charge in [0.2, 0.25) is 0 Å². The molecule has 0 aromatic carbocycles. The monoisotopic (exact) mass is 212 g/mol. The molecule has 0 aromatic heterocycles. The van der Waals surface area contributed by atoms with Gasteiger partial charge in [-0.2, -0.15) is 0 Å². The van der Waals surface area contributed by atoms with E-state index in [1.165, 1.54) is 7.11 Å². The highest BCUT2D eigenvalue weighted by atomic mass is 16.6. The van der Waals surface area contributed by atoms with Crippen molar-refractivity contribution < 1.29 is 23.8 Å². The van der Waals surface area contributed by atoms with Gasteiger partial charge in [0.15, 0.2) is 0 Å². The summed E-state index contributed by atoms with van der Waals surface area (Å²) >= 11 is 0. The molecule has 5 nitrogen and oxygen atoms in total. The Morgan fingerprint density at radius 1 is 1.33 bits per heavy atom. The van der Waals surface area contributed by atoms with Crippen LogP contribution in [0.5, 0.6) is 0 Å². The minimum absolute atomic E-state index is 0.0850. The summed E-state index contributed by atoms with van der Waals surface area (Å²) in [7, 11) is 1.33. The highest BCUT2D eigenvalue weighted by Crippen LogP contribution is 2.52. The first-order valence-electron chi connectivity index (χ1n) is 5.09. The maximum Gasteiger partial charge on any atom is 0.313 e. The highest BCUT2D eigenvalue weighted by Gasteiger charge is 2.69. The van der Waals surface area contributed by atoms with Crippen molar-refractivity contribution in [2.45, 2.75) is 25.2 Å². The second-order valence-corrected chi connectivity index (χ2v) is 4.40. The summed E-state index contributed by atoms with van der Waals surface area (Å²) in [6, 6.07) is 0. The number of carbonyl (C=O) groups excluding carboxylic acids is 2. The van der Waals surface area contributed by atoms with E-state index in [4.69, 9.17) is 14.2 Å². The summed E-state index contributed by atoms with van der Waals surface area (Å²) in [5.41, 5.74) is 0. The topological polar surface area (TPSA) is 61.8 Å². The fourth-order valence-corrected chi connectivity index (χ4v) is 3.06. The van der Waals surface area contributed by atoms with Gasteiger partial charge in [-0.1, -0.05) is 6.92 Å². The van der Waals surface area contributed by atoms with Gasteiger partial charge >= 0.3 is 11.9 Å². The van der Waals surface area contributed by atoms with Crippen molar-refractivity contribution in [3.05, 3.63) is 0 Å². The zero-order valence-electron chi connectivity index (χ0n) is 8.51. The molecule has 15 heavy (non-hydrogen) atoms. The predicted octanol–water partition coefficient (Wildman–Crippen LogP) is -0.266. The summed E-state index contributed by atoms with van der Waals surface area (Å²) in [5, 5.41) is 0. The fraction of sp³-hybridized carbons (Fsp3) is 0.800. The van der Waals surface area contributed by atoms with Crippen molar-refractivity contribution in [3.8, 4) is 0 Å². The van der Waals surface area contributed by atoms with E-state index in [-0.39, 0.29) is 36.2 Å². The molecule has 0 spiro atoms. The lowest BCUT2D eigenvalue weighted by Gasteiger charge is -2.23. The SMILES string of the molecule is COC(=O)C1C2C(=O)OC3C2OC1[C@H]3C. The highest BCUT2D eigenvalue weighted by molar-refractivity contribution is 5.86. The van der Waals surface area contributed by atoms with Crippen molar-refractivity contribution in [1.29, 1.82) is 0 Å². The van der Waals surface area contributed by atoms with Gasteiger partial charge in [-0.15, -0.1) is 0 Å². The standard InChI is InChI=1S/C10H12O5/c1-3-6-4(9(11)13-2)5-8(14-6)7(3)15-10(5)12/h3-8H,1-2H3/t3-,4?,5?,6?,7?,8?/m1/s1. The molecule has 3 heterocycles. The lowest BCUT2D eigenvalue weighted by atomic mass is 9.75. The zero-order valence-corrected chi connectivity index (χ0v) is 8.51. The third kappa shape index (κ3) is 0.916. The molecule has 6 atom stereocenters. The van der Waals surface area contributed by atoms with Gasteiger partial charge in [-0.25, -0.2) is 0 Å². The summed E-state index contributed by atoms with van der Waals surface area (Å²) < 4.78 is 15.5. The maximum absolute atomic E-state index is 11.6. The molecule has 5 heteroatoms. The molecular formula is C10H12O5. The van der Waals surface area contributed by atoms with Gasteiger partial charge in [0, 0.05) is 5.92 Å². The number of ether oxygens (including phenoxy) is 3. The predicted molar refractivity (Wildman–Crippen MR) is 46.7 cm³/mol.